The molecule has 0 aromatic heterocycles. The van der Waals surface area contributed by atoms with Gasteiger partial charge in [-0.05, 0) is 34.5 Å². The van der Waals surface area contributed by atoms with Crippen molar-refractivity contribution < 1.29 is 14.3 Å². The molecule has 0 aliphatic rings. The van der Waals surface area contributed by atoms with E-state index in [0.717, 1.165) is 16.3 Å². The van der Waals surface area contributed by atoms with Gasteiger partial charge in [0.05, 0.1) is 19.9 Å². The minimum Gasteiger partial charge on any atom is -0.497 e. The Kier molecular flexibility index (Phi) is 5.00. The molecule has 0 saturated carbocycles. The van der Waals surface area contributed by atoms with Gasteiger partial charge in [-0.3, -0.25) is 4.79 Å². The smallest absolute Gasteiger partial charge is 0.248 e. The number of hydrogen-bond acceptors (Lipinski definition) is 3. The van der Waals surface area contributed by atoms with E-state index in [-0.39, 0.29) is 5.91 Å². The number of amides is 1. The second-order valence-corrected chi connectivity index (χ2v) is 5.46. The Morgan fingerprint density at radius 1 is 0.960 bits per heavy atom. The molecule has 0 aliphatic carbocycles. The number of carbonyl (C=O) groups excluding carboxylic acids is 1. The highest BCUT2D eigenvalue weighted by Gasteiger charge is 2.07. The summed E-state index contributed by atoms with van der Waals surface area (Å²) in [5.41, 5.74) is 1.56. The summed E-state index contributed by atoms with van der Waals surface area (Å²) in [6, 6.07) is 19.3. The SMILES string of the molecule is COc1ccc(OC)c(NC(=O)/C=C/c2cccc3ccccc23)c1. The Balaban J connectivity index is 1.81. The molecule has 126 valence electrons. The van der Waals surface area contributed by atoms with E-state index in [1.54, 1.807) is 32.4 Å². The maximum atomic E-state index is 12.3. The number of benzene rings is 3. The largest absolute Gasteiger partial charge is 0.497 e. The first-order valence-corrected chi connectivity index (χ1v) is 7.90. The zero-order chi connectivity index (χ0) is 17.6. The molecule has 3 rings (SSSR count). The van der Waals surface area contributed by atoms with Gasteiger partial charge < -0.3 is 14.8 Å². The molecule has 1 N–H and O–H groups in total. The molecule has 0 fully saturated rings. The first-order chi connectivity index (χ1) is 12.2. The quantitative estimate of drug-likeness (QED) is 0.699. The van der Waals surface area contributed by atoms with E-state index in [0.29, 0.717) is 17.2 Å². The number of nitrogens with one attached hydrogen (secondary N) is 1. The lowest BCUT2D eigenvalue weighted by atomic mass is 10.0. The lowest BCUT2D eigenvalue weighted by Gasteiger charge is -2.10. The van der Waals surface area contributed by atoms with Crippen LogP contribution in [0.5, 0.6) is 11.5 Å². The highest BCUT2D eigenvalue weighted by molar-refractivity contribution is 6.04. The summed E-state index contributed by atoms with van der Waals surface area (Å²) in [5, 5.41) is 5.07. The van der Waals surface area contributed by atoms with Crippen LogP contribution >= 0.6 is 0 Å². The summed E-state index contributed by atoms with van der Waals surface area (Å²) in [4.78, 5) is 12.3. The van der Waals surface area contributed by atoms with E-state index in [1.165, 1.54) is 6.08 Å². The van der Waals surface area contributed by atoms with Crippen molar-refractivity contribution in [1.82, 2.24) is 0 Å². The molecule has 0 radical (unpaired) electrons. The molecular formula is C21H19NO3. The zero-order valence-corrected chi connectivity index (χ0v) is 14.2. The molecule has 0 saturated heterocycles. The van der Waals surface area contributed by atoms with Gasteiger partial charge in [0.1, 0.15) is 11.5 Å². The fourth-order valence-corrected chi connectivity index (χ4v) is 2.65. The van der Waals surface area contributed by atoms with Crippen LogP contribution in [-0.4, -0.2) is 20.1 Å². The Hall–Kier alpha value is -3.27. The average molecular weight is 333 g/mol. The number of ether oxygens (including phenoxy) is 2. The molecule has 1 amide bonds. The fraction of sp³-hybridized carbons (Fsp3) is 0.0952. The first kappa shape index (κ1) is 16.6. The van der Waals surface area contributed by atoms with Crippen molar-refractivity contribution in [2.24, 2.45) is 0 Å². The average Bonchev–Trinajstić information content (AvgIpc) is 2.66. The van der Waals surface area contributed by atoms with Crippen molar-refractivity contribution in [3.63, 3.8) is 0 Å². The second-order valence-electron chi connectivity index (χ2n) is 5.46. The van der Waals surface area contributed by atoms with Crippen molar-refractivity contribution in [2.75, 3.05) is 19.5 Å². The zero-order valence-electron chi connectivity index (χ0n) is 14.2. The highest BCUT2D eigenvalue weighted by atomic mass is 16.5. The van der Waals surface area contributed by atoms with Gasteiger partial charge in [-0.2, -0.15) is 0 Å². The third-order valence-electron chi connectivity index (χ3n) is 3.90. The predicted molar refractivity (Wildman–Crippen MR) is 101 cm³/mol. The van der Waals surface area contributed by atoms with Gasteiger partial charge in [0, 0.05) is 12.1 Å². The van der Waals surface area contributed by atoms with Crippen LogP contribution in [0, 0.1) is 0 Å². The molecule has 4 nitrogen and oxygen atoms in total. The summed E-state index contributed by atoms with van der Waals surface area (Å²) < 4.78 is 10.5. The van der Waals surface area contributed by atoms with Crippen LogP contribution in [0.1, 0.15) is 5.56 Å². The van der Waals surface area contributed by atoms with Crippen LogP contribution in [0.2, 0.25) is 0 Å². The molecule has 0 atom stereocenters. The molecule has 3 aromatic rings. The van der Waals surface area contributed by atoms with Gasteiger partial charge in [0.25, 0.3) is 0 Å². The number of anilines is 1. The van der Waals surface area contributed by atoms with Crippen LogP contribution in [0.4, 0.5) is 5.69 Å². The van der Waals surface area contributed by atoms with Gasteiger partial charge in [0.2, 0.25) is 5.91 Å². The highest BCUT2D eigenvalue weighted by Crippen LogP contribution is 2.29. The fourth-order valence-electron chi connectivity index (χ4n) is 2.65. The summed E-state index contributed by atoms with van der Waals surface area (Å²) in [5.74, 6) is 0.987. The number of carbonyl (C=O) groups is 1. The topological polar surface area (TPSA) is 47.6 Å². The number of hydrogen-bond donors (Lipinski definition) is 1. The van der Waals surface area contributed by atoms with Crippen molar-refractivity contribution >= 4 is 28.4 Å². The summed E-state index contributed by atoms with van der Waals surface area (Å²) in [6.07, 6.45) is 3.32. The van der Waals surface area contributed by atoms with E-state index >= 15 is 0 Å². The van der Waals surface area contributed by atoms with E-state index in [2.05, 4.69) is 5.32 Å². The predicted octanol–water partition coefficient (Wildman–Crippen LogP) is 4.51. The Bertz CT molecular complexity index is 926. The van der Waals surface area contributed by atoms with E-state index in [4.69, 9.17) is 9.47 Å². The van der Waals surface area contributed by atoms with Gasteiger partial charge in [-0.25, -0.2) is 0 Å². The Morgan fingerprint density at radius 3 is 2.56 bits per heavy atom. The molecule has 0 bridgehead atoms. The van der Waals surface area contributed by atoms with Crippen LogP contribution in [-0.2, 0) is 4.79 Å². The minimum absolute atomic E-state index is 0.237. The molecule has 25 heavy (non-hydrogen) atoms. The molecule has 0 spiro atoms. The van der Waals surface area contributed by atoms with E-state index < -0.39 is 0 Å². The Morgan fingerprint density at radius 2 is 1.76 bits per heavy atom. The molecule has 0 aliphatic heterocycles. The molecule has 0 heterocycles. The standard InChI is InChI=1S/C21H19NO3/c1-24-17-11-12-20(25-2)19(14-17)22-21(23)13-10-16-8-5-7-15-6-3-4-9-18(15)16/h3-14H,1-2H3,(H,22,23)/b13-10+. The van der Waals surface area contributed by atoms with Crippen molar-refractivity contribution in [1.29, 1.82) is 0 Å². The number of methoxy groups -OCH3 is 2. The third-order valence-corrected chi connectivity index (χ3v) is 3.90. The minimum atomic E-state index is -0.237. The summed E-state index contributed by atoms with van der Waals surface area (Å²) in [7, 11) is 3.14. The first-order valence-electron chi connectivity index (χ1n) is 7.90. The normalized spacial score (nSPS) is 10.8. The maximum Gasteiger partial charge on any atom is 0.248 e. The van der Waals surface area contributed by atoms with Gasteiger partial charge >= 0.3 is 0 Å². The maximum absolute atomic E-state index is 12.3. The molecule has 3 aromatic carbocycles. The third kappa shape index (κ3) is 3.80. The van der Waals surface area contributed by atoms with Crippen LogP contribution in [0.25, 0.3) is 16.8 Å². The molecule has 0 unspecified atom stereocenters. The monoisotopic (exact) mass is 333 g/mol. The molecular weight excluding hydrogens is 314 g/mol. The van der Waals surface area contributed by atoms with Crippen LogP contribution in [0.3, 0.4) is 0 Å². The Labute approximate surface area is 146 Å². The van der Waals surface area contributed by atoms with Gasteiger partial charge in [0.15, 0.2) is 0 Å². The van der Waals surface area contributed by atoms with E-state index in [9.17, 15) is 4.79 Å². The number of fused-ring (bicyclic) bond motifs is 1. The second kappa shape index (κ2) is 7.53. The van der Waals surface area contributed by atoms with Crippen molar-refractivity contribution in [3.8, 4) is 11.5 Å². The van der Waals surface area contributed by atoms with Crippen molar-refractivity contribution in [2.45, 2.75) is 0 Å². The lowest BCUT2D eigenvalue weighted by molar-refractivity contribution is -0.111. The van der Waals surface area contributed by atoms with Crippen LogP contribution in [0.15, 0.2) is 66.7 Å². The van der Waals surface area contributed by atoms with Gasteiger partial charge in [-0.1, -0.05) is 42.5 Å². The summed E-state index contributed by atoms with van der Waals surface area (Å²) in [6.45, 7) is 0. The molecule has 4 heteroatoms. The van der Waals surface area contributed by atoms with E-state index in [1.807, 2.05) is 48.5 Å². The lowest BCUT2D eigenvalue weighted by Crippen LogP contribution is -2.09. The van der Waals surface area contributed by atoms with Gasteiger partial charge in [-0.15, -0.1) is 0 Å². The van der Waals surface area contributed by atoms with Crippen molar-refractivity contribution in [3.05, 3.63) is 72.3 Å². The summed E-state index contributed by atoms with van der Waals surface area (Å²) >= 11 is 0. The number of rotatable bonds is 5. The van der Waals surface area contributed by atoms with Crippen LogP contribution < -0.4 is 14.8 Å².